The van der Waals surface area contributed by atoms with Crippen LogP contribution in [-0.2, 0) is 6.18 Å². The third-order valence-electron chi connectivity index (χ3n) is 2.65. The van der Waals surface area contributed by atoms with Crippen LogP contribution in [0.2, 0.25) is 0 Å². The number of alkyl halides is 3. The van der Waals surface area contributed by atoms with Crippen LogP contribution in [0.5, 0.6) is 0 Å². The maximum atomic E-state index is 13.0. The molecule has 1 amide bonds. The van der Waals surface area contributed by atoms with E-state index >= 15 is 0 Å². The van der Waals surface area contributed by atoms with Crippen molar-refractivity contribution in [3.05, 3.63) is 60.7 Å². The molecule has 0 unspecified atom stereocenters. The summed E-state index contributed by atoms with van der Waals surface area (Å²) in [5.74, 6) is -0.563. The van der Waals surface area contributed by atoms with Crippen LogP contribution in [0.15, 0.2) is 42.5 Å². The van der Waals surface area contributed by atoms with Crippen molar-refractivity contribution < 1.29 is 18.0 Å². The molecule has 0 atom stereocenters. The summed E-state index contributed by atoms with van der Waals surface area (Å²) in [6.07, 6.45) is -4.52. The molecule has 1 N–H and O–H groups in total. The lowest BCUT2D eigenvalue weighted by Crippen LogP contribution is -2.17. The van der Waals surface area contributed by atoms with Gasteiger partial charge in [0.05, 0.1) is 16.8 Å². The highest BCUT2D eigenvalue weighted by Gasteiger charge is 2.34. The van der Waals surface area contributed by atoms with Crippen molar-refractivity contribution in [2.75, 3.05) is 5.32 Å². The first kappa shape index (κ1) is 16.5. The van der Waals surface area contributed by atoms with Gasteiger partial charge in [0, 0.05) is 7.14 Å². The number of amides is 1. The van der Waals surface area contributed by atoms with Gasteiger partial charge in [-0.25, -0.2) is 0 Å². The predicted molar refractivity (Wildman–Crippen MR) is 91.3 cm³/mol. The Morgan fingerprint density at radius 1 is 1.05 bits per heavy atom. The fraction of sp³-hybridized carbons (Fsp3) is 0.0714. The van der Waals surface area contributed by atoms with Crippen molar-refractivity contribution in [3.8, 4) is 0 Å². The molecule has 0 aromatic heterocycles. The third-order valence-corrected chi connectivity index (χ3v) is 4.27. The van der Waals surface area contributed by atoms with Gasteiger partial charge in [-0.15, -0.1) is 0 Å². The highest BCUT2D eigenvalue weighted by atomic mass is 127. The predicted octanol–water partition coefficient (Wildman–Crippen LogP) is 5.17. The number of rotatable bonds is 2. The lowest BCUT2D eigenvalue weighted by atomic mass is 10.1. The van der Waals surface area contributed by atoms with Crippen LogP contribution in [0, 0.1) is 7.14 Å². The first-order valence-electron chi connectivity index (χ1n) is 5.71. The van der Waals surface area contributed by atoms with E-state index in [1.165, 1.54) is 12.1 Å². The Balaban J connectivity index is 2.36. The standard InChI is InChI=1S/C14H8F3I2NO/c15-14(16,17)10-7-8(18)5-6-12(10)20-13(21)9-3-1-2-4-11(9)19/h1-7H,(H,20,21). The topological polar surface area (TPSA) is 29.1 Å². The SMILES string of the molecule is O=C(Nc1ccc(I)cc1C(F)(F)F)c1ccccc1I. The fourth-order valence-electron chi connectivity index (χ4n) is 1.70. The van der Waals surface area contributed by atoms with Crippen LogP contribution < -0.4 is 5.32 Å². The number of halogens is 5. The van der Waals surface area contributed by atoms with Gasteiger partial charge in [0.1, 0.15) is 0 Å². The smallest absolute Gasteiger partial charge is 0.321 e. The Bertz CT molecular complexity index is 686. The molecule has 7 heteroatoms. The second-order valence-electron chi connectivity index (χ2n) is 4.12. The molecule has 2 nitrogen and oxygen atoms in total. The molecule has 2 rings (SSSR count). The van der Waals surface area contributed by atoms with Gasteiger partial charge in [0.2, 0.25) is 0 Å². The van der Waals surface area contributed by atoms with Gasteiger partial charge < -0.3 is 5.32 Å². The summed E-state index contributed by atoms with van der Waals surface area (Å²) in [4.78, 5) is 12.1. The van der Waals surface area contributed by atoms with E-state index in [9.17, 15) is 18.0 Å². The molecule has 110 valence electrons. The molecule has 2 aromatic carbocycles. The normalized spacial score (nSPS) is 11.3. The minimum absolute atomic E-state index is 0.243. The molecular weight excluding hydrogens is 509 g/mol. The van der Waals surface area contributed by atoms with Crippen molar-refractivity contribution in [1.82, 2.24) is 0 Å². The van der Waals surface area contributed by atoms with Crippen molar-refractivity contribution in [1.29, 1.82) is 0 Å². The zero-order valence-electron chi connectivity index (χ0n) is 10.3. The second kappa shape index (κ2) is 6.51. The van der Waals surface area contributed by atoms with E-state index < -0.39 is 17.6 Å². The van der Waals surface area contributed by atoms with Gasteiger partial charge in [0.15, 0.2) is 0 Å². The molecule has 0 heterocycles. The lowest BCUT2D eigenvalue weighted by molar-refractivity contribution is -0.137. The Morgan fingerprint density at radius 2 is 1.71 bits per heavy atom. The summed E-state index contributed by atoms with van der Waals surface area (Å²) < 4.78 is 40.1. The molecule has 0 radical (unpaired) electrons. The van der Waals surface area contributed by atoms with Crippen LogP contribution in [0.25, 0.3) is 0 Å². The number of carbonyl (C=O) groups excluding carboxylic acids is 1. The maximum absolute atomic E-state index is 13.0. The number of hydrogen-bond acceptors (Lipinski definition) is 1. The highest BCUT2D eigenvalue weighted by molar-refractivity contribution is 14.1. The lowest BCUT2D eigenvalue weighted by Gasteiger charge is -2.14. The average molecular weight is 517 g/mol. The van der Waals surface area contributed by atoms with Crippen molar-refractivity contribution in [2.45, 2.75) is 6.18 Å². The summed E-state index contributed by atoms with van der Waals surface area (Å²) in [5.41, 5.74) is -0.758. The molecule has 0 saturated heterocycles. The van der Waals surface area contributed by atoms with Gasteiger partial charge in [-0.05, 0) is 75.5 Å². The fourth-order valence-corrected chi connectivity index (χ4v) is 2.82. The molecule has 0 bridgehead atoms. The van der Waals surface area contributed by atoms with E-state index in [2.05, 4.69) is 5.32 Å². The van der Waals surface area contributed by atoms with E-state index in [1.807, 2.05) is 22.6 Å². The molecule has 0 aliphatic rings. The molecule has 2 aromatic rings. The molecule has 21 heavy (non-hydrogen) atoms. The minimum Gasteiger partial charge on any atom is -0.321 e. The molecular formula is C14H8F3I2NO. The largest absolute Gasteiger partial charge is 0.418 e. The summed E-state index contributed by atoms with van der Waals surface area (Å²) in [6.45, 7) is 0. The van der Waals surface area contributed by atoms with Gasteiger partial charge in [-0.1, -0.05) is 12.1 Å². The summed E-state index contributed by atoms with van der Waals surface area (Å²) >= 11 is 3.76. The average Bonchev–Trinajstić information content (AvgIpc) is 2.40. The number of anilines is 1. The van der Waals surface area contributed by atoms with Crippen molar-refractivity contribution in [2.24, 2.45) is 0 Å². The van der Waals surface area contributed by atoms with Gasteiger partial charge in [-0.2, -0.15) is 13.2 Å². The molecule has 0 fully saturated rings. The molecule has 0 aliphatic carbocycles. The van der Waals surface area contributed by atoms with Gasteiger partial charge in [-0.3, -0.25) is 4.79 Å². The van der Waals surface area contributed by atoms with E-state index in [0.29, 0.717) is 12.7 Å². The first-order chi connectivity index (χ1) is 9.79. The van der Waals surface area contributed by atoms with Crippen LogP contribution in [-0.4, -0.2) is 5.91 Å². The summed E-state index contributed by atoms with van der Waals surface area (Å²) in [6, 6.07) is 10.5. The van der Waals surface area contributed by atoms with Gasteiger partial charge >= 0.3 is 6.18 Å². The molecule has 0 aliphatic heterocycles. The highest BCUT2D eigenvalue weighted by Crippen LogP contribution is 2.36. The monoisotopic (exact) mass is 517 g/mol. The zero-order chi connectivity index (χ0) is 15.6. The van der Waals surface area contributed by atoms with E-state index in [4.69, 9.17) is 0 Å². The van der Waals surface area contributed by atoms with Crippen LogP contribution in [0.4, 0.5) is 18.9 Å². The summed E-state index contributed by atoms with van der Waals surface area (Å²) in [7, 11) is 0. The second-order valence-corrected chi connectivity index (χ2v) is 6.53. The third kappa shape index (κ3) is 4.09. The van der Waals surface area contributed by atoms with E-state index in [-0.39, 0.29) is 5.69 Å². The maximum Gasteiger partial charge on any atom is 0.418 e. The van der Waals surface area contributed by atoms with Gasteiger partial charge in [0.25, 0.3) is 5.91 Å². The molecule has 0 saturated carbocycles. The number of benzene rings is 2. The Morgan fingerprint density at radius 3 is 2.33 bits per heavy atom. The summed E-state index contributed by atoms with van der Waals surface area (Å²) in [5, 5.41) is 2.33. The Hall–Kier alpha value is -0.840. The van der Waals surface area contributed by atoms with Crippen LogP contribution >= 0.6 is 45.2 Å². The van der Waals surface area contributed by atoms with Crippen molar-refractivity contribution in [3.63, 3.8) is 0 Å². The number of hydrogen-bond donors (Lipinski definition) is 1. The Labute approximate surface area is 146 Å². The van der Waals surface area contributed by atoms with Crippen molar-refractivity contribution >= 4 is 56.8 Å². The quantitative estimate of drug-likeness (QED) is 0.548. The number of carbonyl (C=O) groups is 1. The minimum atomic E-state index is -4.52. The van der Waals surface area contributed by atoms with E-state index in [1.54, 1.807) is 46.9 Å². The van der Waals surface area contributed by atoms with Crippen LogP contribution in [0.1, 0.15) is 15.9 Å². The Kier molecular flexibility index (Phi) is 5.12. The first-order valence-corrected chi connectivity index (χ1v) is 7.87. The molecule has 0 spiro atoms. The van der Waals surface area contributed by atoms with Crippen LogP contribution in [0.3, 0.4) is 0 Å². The van der Waals surface area contributed by atoms with E-state index in [0.717, 1.165) is 6.07 Å². The number of nitrogens with one attached hydrogen (secondary N) is 1. The zero-order valence-corrected chi connectivity index (χ0v) is 14.7.